The van der Waals surface area contributed by atoms with E-state index in [9.17, 15) is 18.0 Å². The predicted molar refractivity (Wildman–Crippen MR) is 69.6 cm³/mol. The van der Waals surface area contributed by atoms with Crippen LogP contribution in [0.15, 0.2) is 12.1 Å². The number of likely N-dealkylation sites (N-methyl/N-ethyl adjacent to an activating group) is 1. The molecule has 0 N–H and O–H groups in total. The topological polar surface area (TPSA) is 38.8 Å². The van der Waals surface area contributed by atoms with Crippen LogP contribution in [0.5, 0.6) is 11.5 Å². The molecule has 0 fully saturated rings. The highest BCUT2D eigenvalue weighted by atomic mass is 35.5. The van der Waals surface area contributed by atoms with Gasteiger partial charge in [-0.05, 0) is 25.0 Å². The van der Waals surface area contributed by atoms with Crippen LogP contribution in [0.1, 0.15) is 12.5 Å². The van der Waals surface area contributed by atoms with Crippen molar-refractivity contribution in [1.82, 2.24) is 4.90 Å². The van der Waals surface area contributed by atoms with E-state index in [0.717, 1.165) is 7.05 Å². The summed E-state index contributed by atoms with van der Waals surface area (Å²) in [6, 6.07) is 2.50. The first-order valence-corrected chi connectivity index (χ1v) is 6.50. The number of carbonyl (C=O) groups excluding carboxylic acids is 1. The normalized spacial score (nSPS) is 15.0. The van der Waals surface area contributed by atoms with Crippen LogP contribution in [0.25, 0.3) is 0 Å². The van der Waals surface area contributed by atoms with Crippen molar-refractivity contribution in [3.8, 4) is 11.5 Å². The van der Waals surface area contributed by atoms with Gasteiger partial charge in [0.15, 0.2) is 11.5 Å². The highest BCUT2D eigenvalue weighted by Crippen LogP contribution is 2.37. The van der Waals surface area contributed by atoms with E-state index >= 15 is 0 Å². The maximum Gasteiger partial charge on any atom is 0.471 e. The summed E-state index contributed by atoms with van der Waals surface area (Å²) in [5.74, 6) is -0.894. The first-order chi connectivity index (χ1) is 9.70. The molecule has 1 aliphatic heterocycles. The first kappa shape index (κ1) is 15.8. The number of ether oxygens (including phenoxy) is 2. The van der Waals surface area contributed by atoms with Gasteiger partial charge in [-0.15, -0.1) is 0 Å². The fourth-order valence-electron chi connectivity index (χ4n) is 1.97. The van der Waals surface area contributed by atoms with Crippen LogP contribution in [0, 0.1) is 0 Å². The van der Waals surface area contributed by atoms with Gasteiger partial charge in [0, 0.05) is 24.2 Å². The van der Waals surface area contributed by atoms with Crippen LogP contribution < -0.4 is 9.47 Å². The Balaban J connectivity index is 2.13. The summed E-state index contributed by atoms with van der Waals surface area (Å²) in [4.78, 5) is 11.8. The number of carbonyl (C=O) groups is 1. The molecule has 21 heavy (non-hydrogen) atoms. The van der Waals surface area contributed by atoms with Crippen molar-refractivity contribution in [2.24, 2.45) is 0 Å². The number of hydrogen-bond donors (Lipinski definition) is 0. The van der Waals surface area contributed by atoms with Crippen LogP contribution in [-0.4, -0.2) is 36.9 Å². The second kappa shape index (κ2) is 5.63. The number of hydrogen-bond acceptors (Lipinski definition) is 3. The third kappa shape index (κ3) is 3.34. The minimum atomic E-state index is -4.89. The smallest absolute Gasteiger partial charge is 0.454 e. The molecule has 1 amide bonds. The molecule has 0 radical (unpaired) electrons. The van der Waals surface area contributed by atoms with Crippen LogP contribution in [0.2, 0.25) is 5.02 Å². The Labute approximate surface area is 124 Å². The van der Waals surface area contributed by atoms with E-state index in [4.69, 9.17) is 21.1 Å². The summed E-state index contributed by atoms with van der Waals surface area (Å²) < 4.78 is 47.6. The lowest BCUT2D eigenvalue weighted by molar-refractivity contribution is -0.185. The zero-order valence-electron chi connectivity index (χ0n) is 11.3. The molecule has 1 aromatic rings. The largest absolute Gasteiger partial charge is 0.471 e. The minimum Gasteiger partial charge on any atom is -0.454 e. The van der Waals surface area contributed by atoms with Crippen molar-refractivity contribution >= 4 is 17.5 Å². The molecule has 0 aromatic heterocycles. The van der Waals surface area contributed by atoms with Gasteiger partial charge in [0.2, 0.25) is 6.79 Å². The molecule has 0 saturated heterocycles. The van der Waals surface area contributed by atoms with Gasteiger partial charge in [-0.1, -0.05) is 11.6 Å². The molecule has 116 valence electrons. The molecule has 0 spiro atoms. The Hall–Kier alpha value is -1.63. The minimum absolute atomic E-state index is 0.0805. The Morgan fingerprint density at radius 3 is 2.52 bits per heavy atom. The van der Waals surface area contributed by atoms with E-state index in [0.29, 0.717) is 27.0 Å². The van der Waals surface area contributed by atoms with Gasteiger partial charge in [0.25, 0.3) is 0 Å². The van der Waals surface area contributed by atoms with Gasteiger partial charge in [0.1, 0.15) is 0 Å². The van der Waals surface area contributed by atoms with Gasteiger partial charge in [-0.25, -0.2) is 0 Å². The van der Waals surface area contributed by atoms with Crippen molar-refractivity contribution < 1.29 is 27.4 Å². The zero-order valence-corrected chi connectivity index (χ0v) is 12.1. The van der Waals surface area contributed by atoms with Gasteiger partial charge in [0.05, 0.1) is 0 Å². The highest BCUT2D eigenvalue weighted by Gasteiger charge is 2.42. The van der Waals surface area contributed by atoms with Crippen molar-refractivity contribution in [1.29, 1.82) is 0 Å². The van der Waals surface area contributed by atoms with E-state index in [2.05, 4.69) is 0 Å². The molecular formula is C13H13ClF3NO3. The van der Waals surface area contributed by atoms with Crippen LogP contribution in [0.4, 0.5) is 13.2 Å². The summed E-state index contributed by atoms with van der Waals surface area (Å²) in [5, 5.41) is 0.360. The number of alkyl halides is 3. The maximum absolute atomic E-state index is 12.4. The van der Waals surface area contributed by atoms with Crippen LogP contribution in [-0.2, 0) is 11.2 Å². The maximum atomic E-state index is 12.4. The van der Waals surface area contributed by atoms with Crippen molar-refractivity contribution in [2.75, 3.05) is 13.8 Å². The molecule has 8 heteroatoms. The first-order valence-electron chi connectivity index (χ1n) is 6.12. The van der Waals surface area contributed by atoms with Crippen molar-refractivity contribution in [3.05, 3.63) is 22.7 Å². The summed E-state index contributed by atoms with van der Waals surface area (Å²) >= 11 is 6.06. The number of halogens is 4. The van der Waals surface area contributed by atoms with E-state index in [-0.39, 0.29) is 13.2 Å². The van der Waals surface area contributed by atoms with Crippen LogP contribution >= 0.6 is 11.6 Å². The predicted octanol–water partition coefficient (Wildman–Crippen LogP) is 3.02. The molecule has 1 atom stereocenters. The second-order valence-electron chi connectivity index (χ2n) is 4.76. The van der Waals surface area contributed by atoms with Gasteiger partial charge < -0.3 is 14.4 Å². The molecule has 1 aliphatic rings. The Morgan fingerprint density at radius 1 is 1.38 bits per heavy atom. The highest BCUT2D eigenvalue weighted by molar-refractivity contribution is 6.31. The standard InChI is InChI=1S/C13H13ClF3NO3/c1-7(18(2)12(19)13(15,16)17)3-8-4-10-11(5-9(8)14)21-6-20-10/h4-5,7H,3,6H2,1-2H3. The van der Waals surface area contributed by atoms with E-state index in [1.54, 1.807) is 12.1 Å². The molecule has 0 saturated carbocycles. The number of rotatable bonds is 3. The molecule has 4 nitrogen and oxygen atoms in total. The summed E-state index contributed by atoms with van der Waals surface area (Å²) in [5.41, 5.74) is 0.593. The molecular weight excluding hydrogens is 311 g/mol. The Kier molecular flexibility index (Phi) is 4.22. The molecule has 1 heterocycles. The lowest BCUT2D eigenvalue weighted by Crippen LogP contribution is -2.44. The summed E-state index contributed by atoms with van der Waals surface area (Å²) in [7, 11) is 1.11. The fourth-order valence-corrected chi connectivity index (χ4v) is 2.20. The molecule has 0 bridgehead atoms. The van der Waals surface area contributed by atoms with Crippen molar-refractivity contribution in [3.63, 3.8) is 0 Å². The third-order valence-corrected chi connectivity index (χ3v) is 3.63. The Morgan fingerprint density at radius 2 is 1.95 bits per heavy atom. The van der Waals surface area contributed by atoms with Crippen molar-refractivity contribution in [2.45, 2.75) is 25.6 Å². The van der Waals surface area contributed by atoms with E-state index in [1.807, 2.05) is 0 Å². The lowest BCUT2D eigenvalue weighted by atomic mass is 10.1. The van der Waals surface area contributed by atoms with E-state index in [1.165, 1.54) is 6.92 Å². The number of benzene rings is 1. The number of amides is 1. The molecule has 1 unspecified atom stereocenters. The monoisotopic (exact) mass is 323 g/mol. The van der Waals surface area contributed by atoms with Gasteiger partial charge in [-0.2, -0.15) is 13.2 Å². The number of nitrogens with zero attached hydrogens (tertiary/aromatic N) is 1. The lowest BCUT2D eigenvalue weighted by Gasteiger charge is -2.26. The quantitative estimate of drug-likeness (QED) is 0.858. The average Bonchev–Trinajstić information content (AvgIpc) is 2.83. The molecule has 0 aliphatic carbocycles. The Bertz CT molecular complexity index is 562. The average molecular weight is 324 g/mol. The van der Waals surface area contributed by atoms with Crippen LogP contribution in [0.3, 0.4) is 0 Å². The second-order valence-corrected chi connectivity index (χ2v) is 5.17. The number of fused-ring (bicyclic) bond motifs is 1. The van der Waals surface area contributed by atoms with E-state index < -0.39 is 18.1 Å². The third-order valence-electron chi connectivity index (χ3n) is 3.28. The summed E-state index contributed by atoms with van der Waals surface area (Å²) in [6.07, 6.45) is -4.71. The van der Waals surface area contributed by atoms with Gasteiger partial charge in [-0.3, -0.25) is 4.79 Å². The summed E-state index contributed by atoms with van der Waals surface area (Å²) in [6.45, 7) is 1.60. The molecule has 2 rings (SSSR count). The fraction of sp³-hybridized carbons (Fsp3) is 0.462. The molecule has 1 aromatic carbocycles. The SMILES string of the molecule is CC(Cc1cc2c(cc1Cl)OCO2)N(C)C(=O)C(F)(F)F. The van der Waals surface area contributed by atoms with Gasteiger partial charge >= 0.3 is 12.1 Å². The zero-order chi connectivity index (χ0) is 15.8.